The van der Waals surface area contributed by atoms with Crippen molar-refractivity contribution in [3.05, 3.63) is 75.1 Å². The fourth-order valence-electron chi connectivity index (χ4n) is 4.23. The fourth-order valence-corrected chi connectivity index (χ4v) is 4.23. The van der Waals surface area contributed by atoms with Gasteiger partial charge in [-0.1, -0.05) is 18.2 Å². The Morgan fingerprint density at radius 3 is 2.53 bits per heavy atom. The number of benzene rings is 2. The molecule has 1 saturated heterocycles. The van der Waals surface area contributed by atoms with E-state index in [1.54, 1.807) is 13.2 Å². The van der Waals surface area contributed by atoms with Crippen LogP contribution >= 0.6 is 0 Å². The number of carbonyl (C=O) groups excluding carboxylic acids is 1. The van der Waals surface area contributed by atoms with E-state index in [0.29, 0.717) is 30.7 Å². The van der Waals surface area contributed by atoms with Crippen molar-refractivity contribution >= 4 is 16.9 Å². The molecule has 4 rings (SSSR count). The van der Waals surface area contributed by atoms with E-state index in [9.17, 15) is 9.59 Å². The van der Waals surface area contributed by atoms with E-state index in [1.165, 1.54) is 6.07 Å². The van der Waals surface area contributed by atoms with E-state index < -0.39 is 5.91 Å². The van der Waals surface area contributed by atoms with E-state index >= 15 is 0 Å². The van der Waals surface area contributed by atoms with Crippen LogP contribution in [-0.4, -0.2) is 50.8 Å². The monoisotopic (exact) mass is 436 g/mol. The number of amides is 1. The maximum atomic E-state index is 12.9. The molecule has 7 nitrogen and oxygen atoms in total. The Bertz CT molecular complexity index is 1160. The van der Waals surface area contributed by atoms with Crippen molar-refractivity contribution in [2.24, 2.45) is 0 Å². The summed E-state index contributed by atoms with van der Waals surface area (Å²) in [6, 6.07) is 12.8. The molecule has 32 heavy (non-hydrogen) atoms. The average molecular weight is 437 g/mol. The predicted molar refractivity (Wildman–Crippen MR) is 122 cm³/mol. The number of rotatable bonds is 6. The molecule has 0 aliphatic carbocycles. The number of morpholine rings is 1. The number of fused-ring (bicyclic) bond motifs is 1. The topological polar surface area (TPSA) is 81.0 Å². The smallest absolute Gasteiger partial charge is 0.287 e. The molecule has 1 aliphatic rings. The van der Waals surface area contributed by atoms with Crippen molar-refractivity contribution in [2.75, 3.05) is 40.0 Å². The van der Waals surface area contributed by atoms with Crippen molar-refractivity contribution in [1.29, 1.82) is 0 Å². The van der Waals surface area contributed by atoms with Crippen molar-refractivity contribution < 1.29 is 18.7 Å². The average Bonchev–Trinajstić information content (AvgIpc) is 2.79. The van der Waals surface area contributed by atoms with Gasteiger partial charge in [-0.05, 0) is 48.7 Å². The number of methoxy groups -OCH3 is 1. The number of hydrogen-bond donors (Lipinski definition) is 1. The summed E-state index contributed by atoms with van der Waals surface area (Å²) in [7, 11) is 1.63. The second kappa shape index (κ2) is 9.54. The minimum absolute atomic E-state index is 0.0166. The Labute approximate surface area is 186 Å². The summed E-state index contributed by atoms with van der Waals surface area (Å²) in [5, 5.41) is 3.47. The molecule has 1 aromatic heterocycles. The summed E-state index contributed by atoms with van der Waals surface area (Å²) in [5.41, 5.74) is 3.10. The van der Waals surface area contributed by atoms with Gasteiger partial charge >= 0.3 is 0 Å². The van der Waals surface area contributed by atoms with Crippen LogP contribution in [0.5, 0.6) is 5.75 Å². The fraction of sp³-hybridized carbons (Fsp3) is 0.360. The van der Waals surface area contributed by atoms with Gasteiger partial charge in [-0.25, -0.2) is 0 Å². The number of nitrogens with one attached hydrogen (secondary N) is 1. The molecule has 0 bridgehead atoms. The van der Waals surface area contributed by atoms with Gasteiger partial charge < -0.3 is 19.2 Å². The van der Waals surface area contributed by atoms with Crippen molar-refractivity contribution in [2.45, 2.75) is 19.9 Å². The lowest BCUT2D eigenvalue weighted by Gasteiger charge is -2.35. The SMILES string of the molecule is COc1ccc([C@H](CNC(=O)c2cc(=O)c3c(C)cc(C)cc3o2)N2CCOCC2)cc1. The Morgan fingerprint density at radius 2 is 1.84 bits per heavy atom. The first-order valence-electron chi connectivity index (χ1n) is 10.8. The highest BCUT2D eigenvalue weighted by Gasteiger charge is 2.24. The molecule has 1 atom stereocenters. The van der Waals surface area contributed by atoms with Crippen LogP contribution in [0.3, 0.4) is 0 Å². The zero-order valence-electron chi connectivity index (χ0n) is 18.6. The van der Waals surface area contributed by atoms with Crippen molar-refractivity contribution in [3.63, 3.8) is 0 Å². The summed E-state index contributed by atoms with van der Waals surface area (Å²) >= 11 is 0. The maximum absolute atomic E-state index is 12.9. The highest BCUT2D eigenvalue weighted by molar-refractivity contribution is 5.93. The third-order valence-corrected chi connectivity index (χ3v) is 5.84. The molecule has 1 fully saturated rings. The second-order valence-electron chi connectivity index (χ2n) is 8.08. The van der Waals surface area contributed by atoms with Gasteiger partial charge in [0.15, 0.2) is 11.2 Å². The Hall–Kier alpha value is -3.16. The first-order chi connectivity index (χ1) is 15.5. The molecule has 1 amide bonds. The summed E-state index contributed by atoms with van der Waals surface area (Å²) in [6.07, 6.45) is 0. The largest absolute Gasteiger partial charge is 0.497 e. The minimum atomic E-state index is -0.407. The van der Waals surface area contributed by atoms with Gasteiger partial charge in [-0.3, -0.25) is 14.5 Å². The number of ether oxygens (including phenoxy) is 2. The molecular formula is C25H28N2O5. The van der Waals surface area contributed by atoms with Gasteiger partial charge in [0, 0.05) is 25.7 Å². The summed E-state index contributed by atoms with van der Waals surface area (Å²) in [4.78, 5) is 27.8. The number of nitrogens with zero attached hydrogens (tertiary/aromatic N) is 1. The molecule has 1 N–H and O–H groups in total. The van der Waals surface area contributed by atoms with Crippen LogP contribution in [0.15, 0.2) is 51.7 Å². The first-order valence-corrected chi connectivity index (χ1v) is 10.8. The second-order valence-corrected chi connectivity index (χ2v) is 8.08. The predicted octanol–water partition coefficient (Wildman–Crippen LogP) is 3.22. The van der Waals surface area contributed by atoms with E-state index in [4.69, 9.17) is 13.9 Å². The van der Waals surface area contributed by atoms with Crippen LogP contribution < -0.4 is 15.5 Å². The Balaban J connectivity index is 1.57. The summed E-state index contributed by atoms with van der Waals surface area (Å²) < 4.78 is 16.6. The molecule has 2 aromatic carbocycles. The quantitative estimate of drug-likeness (QED) is 0.639. The van der Waals surface area contributed by atoms with Crippen molar-refractivity contribution in [3.8, 4) is 5.75 Å². The number of carbonyl (C=O) groups is 1. The molecule has 3 aromatic rings. The molecular weight excluding hydrogens is 408 g/mol. The van der Waals surface area contributed by atoms with E-state index in [-0.39, 0.29) is 17.2 Å². The molecule has 168 valence electrons. The van der Waals surface area contributed by atoms with Gasteiger partial charge in [-0.2, -0.15) is 0 Å². The standard InChI is InChI=1S/C25H28N2O5/c1-16-12-17(2)24-21(28)14-23(32-22(24)13-16)25(29)26-15-20(27-8-10-31-11-9-27)18-4-6-19(30-3)7-5-18/h4-7,12-14,20H,8-11,15H2,1-3H3,(H,26,29)/t20-/m0/s1. The maximum Gasteiger partial charge on any atom is 0.287 e. The normalized spacial score (nSPS) is 15.5. The third-order valence-electron chi connectivity index (χ3n) is 5.84. The van der Waals surface area contributed by atoms with E-state index in [0.717, 1.165) is 35.5 Å². The van der Waals surface area contributed by atoms with Gasteiger partial charge in [0.25, 0.3) is 5.91 Å². The number of hydrogen-bond acceptors (Lipinski definition) is 6. The van der Waals surface area contributed by atoms with Crippen molar-refractivity contribution in [1.82, 2.24) is 10.2 Å². The molecule has 7 heteroatoms. The van der Waals surface area contributed by atoms with Gasteiger partial charge in [0.1, 0.15) is 11.3 Å². The lowest BCUT2D eigenvalue weighted by Crippen LogP contribution is -2.43. The van der Waals surface area contributed by atoms with Gasteiger partial charge in [-0.15, -0.1) is 0 Å². The highest BCUT2D eigenvalue weighted by Crippen LogP contribution is 2.24. The van der Waals surface area contributed by atoms with Crippen LogP contribution in [0.25, 0.3) is 11.0 Å². The highest BCUT2D eigenvalue weighted by atomic mass is 16.5. The van der Waals surface area contributed by atoms with Crippen LogP contribution in [0.2, 0.25) is 0 Å². The van der Waals surface area contributed by atoms with Gasteiger partial charge in [0.05, 0.1) is 31.8 Å². The molecule has 0 saturated carbocycles. The zero-order valence-corrected chi connectivity index (χ0v) is 18.6. The Kier molecular flexibility index (Phi) is 6.58. The lowest BCUT2D eigenvalue weighted by atomic mass is 10.0. The molecule has 1 aliphatic heterocycles. The molecule has 0 spiro atoms. The molecule has 2 heterocycles. The Morgan fingerprint density at radius 1 is 1.12 bits per heavy atom. The third kappa shape index (κ3) is 4.69. The van der Waals surface area contributed by atoms with Crippen LogP contribution in [0.4, 0.5) is 0 Å². The van der Waals surface area contributed by atoms with Crippen LogP contribution in [0, 0.1) is 13.8 Å². The molecule has 0 unspecified atom stereocenters. The zero-order chi connectivity index (χ0) is 22.7. The van der Waals surface area contributed by atoms with Crippen LogP contribution in [0.1, 0.15) is 33.3 Å². The molecule has 0 radical (unpaired) electrons. The van der Waals surface area contributed by atoms with E-state index in [2.05, 4.69) is 10.2 Å². The summed E-state index contributed by atoms with van der Waals surface area (Å²) in [5.74, 6) is 0.389. The summed E-state index contributed by atoms with van der Waals surface area (Å²) in [6.45, 7) is 7.03. The van der Waals surface area contributed by atoms with Crippen LogP contribution in [-0.2, 0) is 4.74 Å². The lowest BCUT2D eigenvalue weighted by molar-refractivity contribution is 0.0161. The van der Waals surface area contributed by atoms with Gasteiger partial charge in [0.2, 0.25) is 0 Å². The minimum Gasteiger partial charge on any atom is -0.497 e. The van der Waals surface area contributed by atoms with E-state index in [1.807, 2.05) is 44.2 Å². The number of aryl methyl sites for hydroxylation is 2. The first kappa shape index (κ1) is 22.0.